The molecule has 1 aliphatic carbocycles. The number of aliphatic hydroxyl groups is 1. The predicted molar refractivity (Wildman–Crippen MR) is 60.1 cm³/mol. The molecule has 1 heterocycles. The molecule has 1 amide bonds. The first-order chi connectivity index (χ1) is 7.35. The molecule has 0 aromatic heterocycles. The Balaban J connectivity index is 1.98. The van der Waals surface area contributed by atoms with Crippen molar-refractivity contribution >= 4 is 6.09 Å². The largest absolute Gasteiger partial charge is 0.444 e. The molecule has 2 fully saturated rings. The molecule has 16 heavy (non-hydrogen) atoms. The number of carbonyl (C=O) groups is 1. The van der Waals surface area contributed by atoms with Gasteiger partial charge in [-0.05, 0) is 46.0 Å². The Labute approximate surface area is 96.6 Å². The van der Waals surface area contributed by atoms with Crippen molar-refractivity contribution in [3.05, 3.63) is 0 Å². The van der Waals surface area contributed by atoms with E-state index in [9.17, 15) is 9.90 Å². The first-order valence-electron chi connectivity index (χ1n) is 6.03. The molecular formula is C12H21NO3. The second-order valence-electron chi connectivity index (χ2n) is 6.01. The minimum atomic E-state index is -0.438. The summed E-state index contributed by atoms with van der Waals surface area (Å²) in [7, 11) is 0. The number of ether oxygens (including phenoxy) is 1. The maximum Gasteiger partial charge on any atom is 0.410 e. The Bertz CT molecular complexity index is 284. The molecule has 0 unspecified atom stereocenters. The van der Waals surface area contributed by atoms with Crippen LogP contribution in [0.1, 0.15) is 40.0 Å². The molecule has 4 heteroatoms. The van der Waals surface area contributed by atoms with Crippen LogP contribution in [0.5, 0.6) is 0 Å². The Morgan fingerprint density at radius 1 is 1.31 bits per heavy atom. The van der Waals surface area contributed by atoms with Gasteiger partial charge in [-0.3, -0.25) is 0 Å². The van der Waals surface area contributed by atoms with Crippen molar-refractivity contribution in [2.24, 2.45) is 5.92 Å². The zero-order valence-corrected chi connectivity index (χ0v) is 10.3. The number of hydrogen-bond donors (Lipinski definition) is 1. The quantitative estimate of drug-likeness (QED) is 0.686. The topological polar surface area (TPSA) is 49.8 Å². The molecule has 0 radical (unpaired) electrons. The van der Waals surface area contributed by atoms with Gasteiger partial charge in [0.25, 0.3) is 0 Å². The van der Waals surface area contributed by atoms with Gasteiger partial charge >= 0.3 is 6.09 Å². The first kappa shape index (κ1) is 11.7. The van der Waals surface area contributed by atoms with Crippen molar-refractivity contribution in [2.75, 3.05) is 6.54 Å². The number of hydrogen-bond acceptors (Lipinski definition) is 3. The van der Waals surface area contributed by atoms with Gasteiger partial charge in [0, 0.05) is 12.6 Å². The zero-order chi connectivity index (χ0) is 11.9. The van der Waals surface area contributed by atoms with E-state index in [2.05, 4.69) is 0 Å². The lowest BCUT2D eigenvalue weighted by Crippen LogP contribution is -2.40. The van der Waals surface area contributed by atoms with Crippen LogP contribution >= 0.6 is 0 Å². The summed E-state index contributed by atoms with van der Waals surface area (Å²) in [4.78, 5) is 13.7. The van der Waals surface area contributed by atoms with E-state index >= 15 is 0 Å². The van der Waals surface area contributed by atoms with Gasteiger partial charge in [-0.15, -0.1) is 0 Å². The van der Waals surface area contributed by atoms with Gasteiger partial charge in [0.05, 0.1) is 6.10 Å². The fourth-order valence-electron chi connectivity index (χ4n) is 2.75. The molecule has 4 nitrogen and oxygen atoms in total. The molecule has 3 atom stereocenters. The van der Waals surface area contributed by atoms with Crippen LogP contribution < -0.4 is 0 Å². The van der Waals surface area contributed by atoms with Crippen molar-refractivity contribution in [3.63, 3.8) is 0 Å². The highest BCUT2D eigenvalue weighted by Gasteiger charge is 2.42. The van der Waals surface area contributed by atoms with Gasteiger partial charge < -0.3 is 14.7 Å². The van der Waals surface area contributed by atoms with E-state index in [0.29, 0.717) is 12.3 Å². The standard InChI is InChI=1S/C12H21NO3/c1-12(2,3)16-11(15)13-7-8-4-9(13)6-10(14)5-8/h8-10,14H,4-7H2,1-3H3/t8-,9+,10-/m1/s1. The Kier molecular flexibility index (Phi) is 2.86. The van der Waals surface area contributed by atoms with Crippen LogP contribution in [-0.2, 0) is 4.74 Å². The lowest BCUT2D eigenvalue weighted by molar-refractivity contribution is 0.0194. The molecule has 1 N–H and O–H groups in total. The highest BCUT2D eigenvalue weighted by molar-refractivity contribution is 5.69. The first-order valence-corrected chi connectivity index (χ1v) is 6.03. The van der Waals surface area contributed by atoms with Crippen LogP contribution in [-0.4, -0.2) is 40.4 Å². The molecule has 1 saturated heterocycles. The average molecular weight is 227 g/mol. The number of aliphatic hydroxyl groups excluding tert-OH is 1. The summed E-state index contributed by atoms with van der Waals surface area (Å²) in [6.45, 7) is 6.38. The molecular weight excluding hydrogens is 206 g/mol. The molecule has 0 spiro atoms. The number of nitrogens with zero attached hydrogens (tertiary/aromatic N) is 1. The van der Waals surface area contributed by atoms with E-state index < -0.39 is 5.60 Å². The summed E-state index contributed by atoms with van der Waals surface area (Å²) in [5, 5.41) is 9.64. The van der Waals surface area contributed by atoms with Gasteiger partial charge in [0.2, 0.25) is 0 Å². The monoisotopic (exact) mass is 227 g/mol. The van der Waals surface area contributed by atoms with E-state index in [1.807, 2.05) is 20.8 Å². The number of carbonyl (C=O) groups excluding carboxylic acids is 1. The summed E-state index contributed by atoms with van der Waals surface area (Å²) in [5.41, 5.74) is -0.438. The van der Waals surface area contributed by atoms with Crippen LogP contribution in [0.4, 0.5) is 4.79 Å². The van der Waals surface area contributed by atoms with Crippen LogP contribution in [0.3, 0.4) is 0 Å². The minimum absolute atomic E-state index is 0.184. The predicted octanol–water partition coefficient (Wildman–Crippen LogP) is 1.77. The Hall–Kier alpha value is -0.770. The number of likely N-dealkylation sites (tertiary alicyclic amines) is 1. The Morgan fingerprint density at radius 2 is 2.00 bits per heavy atom. The third-order valence-electron chi connectivity index (χ3n) is 3.28. The van der Waals surface area contributed by atoms with Crippen molar-refractivity contribution in [3.8, 4) is 0 Å². The molecule has 1 saturated carbocycles. The lowest BCUT2D eigenvalue weighted by atomic mass is 9.88. The van der Waals surface area contributed by atoms with E-state index in [1.54, 1.807) is 4.90 Å². The lowest BCUT2D eigenvalue weighted by Gasteiger charge is -2.29. The third kappa shape index (κ3) is 2.48. The second kappa shape index (κ2) is 3.91. The van der Waals surface area contributed by atoms with Crippen LogP contribution in [0, 0.1) is 5.92 Å². The highest BCUT2D eigenvalue weighted by atomic mass is 16.6. The summed E-state index contributed by atoms with van der Waals surface area (Å²) in [5.74, 6) is 0.460. The summed E-state index contributed by atoms with van der Waals surface area (Å²) in [6.07, 6.45) is 2.09. The van der Waals surface area contributed by atoms with Crippen molar-refractivity contribution < 1.29 is 14.6 Å². The highest BCUT2D eigenvalue weighted by Crippen LogP contribution is 2.36. The SMILES string of the molecule is CC(C)(C)OC(=O)N1C[C@H]2C[C@@H](O)C[C@@H]1C2. The van der Waals surface area contributed by atoms with Crippen molar-refractivity contribution in [1.82, 2.24) is 4.90 Å². The molecule has 0 aromatic carbocycles. The van der Waals surface area contributed by atoms with Crippen molar-refractivity contribution in [1.29, 1.82) is 0 Å². The van der Waals surface area contributed by atoms with E-state index in [0.717, 1.165) is 19.4 Å². The molecule has 2 bridgehead atoms. The van der Waals surface area contributed by atoms with Gasteiger partial charge in [-0.1, -0.05) is 0 Å². The zero-order valence-electron chi connectivity index (χ0n) is 10.3. The maximum atomic E-state index is 11.9. The van der Waals surface area contributed by atoms with Crippen LogP contribution in [0.2, 0.25) is 0 Å². The third-order valence-corrected chi connectivity index (χ3v) is 3.28. The Morgan fingerprint density at radius 3 is 2.62 bits per heavy atom. The van der Waals surface area contributed by atoms with Gasteiger partial charge in [-0.25, -0.2) is 4.79 Å². The minimum Gasteiger partial charge on any atom is -0.444 e. The van der Waals surface area contributed by atoms with Gasteiger partial charge in [0.1, 0.15) is 5.60 Å². The van der Waals surface area contributed by atoms with Crippen LogP contribution in [0.15, 0.2) is 0 Å². The van der Waals surface area contributed by atoms with E-state index in [4.69, 9.17) is 4.74 Å². The fourth-order valence-corrected chi connectivity index (χ4v) is 2.75. The summed E-state index contributed by atoms with van der Waals surface area (Å²) < 4.78 is 5.37. The van der Waals surface area contributed by atoms with Crippen LogP contribution in [0.25, 0.3) is 0 Å². The molecule has 1 aliphatic heterocycles. The molecule has 2 rings (SSSR count). The second-order valence-corrected chi connectivity index (χ2v) is 6.01. The fraction of sp³-hybridized carbons (Fsp3) is 0.917. The molecule has 2 aliphatic rings. The number of amides is 1. The normalized spacial score (nSPS) is 34.0. The maximum absolute atomic E-state index is 11.9. The van der Waals surface area contributed by atoms with Gasteiger partial charge in [-0.2, -0.15) is 0 Å². The van der Waals surface area contributed by atoms with E-state index in [1.165, 1.54) is 0 Å². The summed E-state index contributed by atoms with van der Waals surface area (Å²) in [6, 6.07) is 0.184. The smallest absolute Gasteiger partial charge is 0.410 e. The molecule has 92 valence electrons. The average Bonchev–Trinajstić information content (AvgIpc) is 2.38. The summed E-state index contributed by atoms with van der Waals surface area (Å²) >= 11 is 0. The van der Waals surface area contributed by atoms with Gasteiger partial charge in [0.15, 0.2) is 0 Å². The van der Waals surface area contributed by atoms with Crippen molar-refractivity contribution in [2.45, 2.75) is 57.8 Å². The number of fused-ring (bicyclic) bond motifs is 2. The van der Waals surface area contributed by atoms with E-state index in [-0.39, 0.29) is 18.2 Å². The number of rotatable bonds is 0. The molecule has 0 aromatic rings.